The van der Waals surface area contributed by atoms with E-state index >= 15 is 0 Å². The van der Waals surface area contributed by atoms with E-state index in [1.807, 2.05) is 26.0 Å². The van der Waals surface area contributed by atoms with Crippen LogP contribution in [-0.2, 0) is 9.53 Å². The van der Waals surface area contributed by atoms with Crippen molar-refractivity contribution in [3.63, 3.8) is 0 Å². The van der Waals surface area contributed by atoms with Gasteiger partial charge in [0.05, 0.1) is 13.2 Å². The minimum atomic E-state index is -0.261. The molecule has 1 N–H and O–H groups in total. The standard InChI is InChI=1S/C17H25NO3/c1-4-20-17(19)15(18-14-6-7-14)9-10-21-16-8-5-12(2)11-13(16)3/h5,8,11,14-15,18H,4,6-7,9-10H2,1-3H3. The molecule has 21 heavy (non-hydrogen) atoms. The van der Waals surface area contributed by atoms with Crippen LogP contribution in [0.5, 0.6) is 5.75 Å². The Morgan fingerprint density at radius 3 is 2.76 bits per heavy atom. The maximum absolute atomic E-state index is 11.9. The monoisotopic (exact) mass is 291 g/mol. The predicted molar refractivity (Wildman–Crippen MR) is 82.6 cm³/mol. The van der Waals surface area contributed by atoms with E-state index < -0.39 is 0 Å². The van der Waals surface area contributed by atoms with Gasteiger partial charge < -0.3 is 14.8 Å². The van der Waals surface area contributed by atoms with Gasteiger partial charge in [0.25, 0.3) is 0 Å². The van der Waals surface area contributed by atoms with Crippen molar-refractivity contribution in [3.05, 3.63) is 29.3 Å². The smallest absolute Gasteiger partial charge is 0.323 e. The molecule has 0 saturated heterocycles. The van der Waals surface area contributed by atoms with Gasteiger partial charge in [0, 0.05) is 12.5 Å². The Kier molecular flexibility index (Phi) is 5.62. The van der Waals surface area contributed by atoms with Crippen LogP contribution in [0.2, 0.25) is 0 Å². The number of hydrogen-bond acceptors (Lipinski definition) is 4. The van der Waals surface area contributed by atoms with E-state index in [4.69, 9.17) is 9.47 Å². The average molecular weight is 291 g/mol. The number of aryl methyl sites for hydroxylation is 2. The van der Waals surface area contributed by atoms with Crippen molar-refractivity contribution in [2.75, 3.05) is 13.2 Å². The zero-order valence-electron chi connectivity index (χ0n) is 13.1. The molecule has 4 nitrogen and oxygen atoms in total. The van der Waals surface area contributed by atoms with Crippen LogP contribution in [0.4, 0.5) is 0 Å². The third-order valence-electron chi connectivity index (χ3n) is 3.58. The Morgan fingerprint density at radius 1 is 1.38 bits per heavy atom. The highest BCUT2D eigenvalue weighted by molar-refractivity contribution is 5.75. The van der Waals surface area contributed by atoms with E-state index in [2.05, 4.69) is 18.3 Å². The van der Waals surface area contributed by atoms with E-state index in [9.17, 15) is 4.79 Å². The first-order chi connectivity index (χ1) is 10.1. The van der Waals surface area contributed by atoms with Crippen molar-refractivity contribution in [1.29, 1.82) is 0 Å². The Hall–Kier alpha value is -1.55. The molecular weight excluding hydrogens is 266 g/mol. The topological polar surface area (TPSA) is 47.6 Å². The second-order valence-electron chi connectivity index (χ2n) is 5.65. The second-order valence-corrected chi connectivity index (χ2v) is 5.65. The van der Waals surface area contributed by atoms with E-state index in [0.29, 0.717) is 25.7 Å². The van der Waals surface area contributed by atoms with Gasteiger partial charge in [-0.05, 0) is 45.2 Å². The van der Waals surface area contributed by atoms with Crippen molar-refractivity contribution >= 4 is 5.97 Å². The molecule has 0 aromatic heterocycles. The van der Waals surface area contributed by atoms with Crippen LogP contribution in [0.3, 0.4) is 0 Å². The number of rotatable bonds is 8. The number of carbonyl (C=O) groups excluding carboxylic acids is 1. The lowest BCUT2D eigenvalue weighted by Gasteiger charge is -2.17. The summed E-state index contributed by atoms with van der Waals surface area (Å²) in [5.41, 5.74) is 2.34. The van der Waals surface area contributed by atoms with Crippen LogP contribution in [0.1, 0.15) is 37.3 Å². The quantitative estimate of drug-likeness (QED) is 0.748. The van der Waals surface area contributed by atoms with Crippen LogP contribution in [0.15, 0.2) is 18.2 Å². The number of esters is 1. The number of nitrogens with one attached hydrogen (secondary N) is 1. The third kappa shape index (κ3) is 5.05. The van der Waals surface area contributed by atoms with Gasteiger partial charge >= 0.3 is 5.97 Å². The summed E-state index contributed by atoms with van der Waals surface area (Å²) in [7, 11) is 0. The van der Waals surface area contributed by atoms with Crippen molar-refractivity contribution in [1.82, 2.24) is 5.32 Å². The first-order valence-electron chi connectivity index (χ1n) is 7.73. The third-order valence-corrected chi connectivity index (χ3v) is 3.58. The zero-order valence-corrected chi connectivity index (χ0v) is 13.1. The molecule has 1 aliphatic carbocycles. The Bertz CT molecular complexity index is 483. The maximum Gasteiger partial charge on any atom is 0.323 e. The average Bonchev–Trinajstić information content (AvgIpc) is 3.24. The molecule has 2 rings (SSSR count). The summed E-state index contributed by atoms with van der Waals surface area (Å²) in [5, 5.41) is 3.33. The van der Waals surface area contributed by atoms with E-state index in [0.717, 1.165) is 24.2 Å². The summed E-state index contributed by atoms with van der Waals surface area (Å²) >= 11 is 0. The molecule has 1 fully saturated rings. The molecule has 1 aromatic rings. The molecule has 1 aromatic carbocycles. The van der Waals surface area contributed by atoms with Gasteiger partial charge in [0.1, 0.15) is 11.8 Å². The van der Waals surface area contributed by atoms with Gasteiger partial charge in [-0.25, -0.2) is 0 Å². The number of hydrogen-bond donors (Lipinski definition) is 1. The van der Waals surface area contributed by atoms with Gasteiger partial charge in [-0.1, -0.05) is 17.7 Å². The fraction of sp³-hybridized carbons (Fsp3) is 0.588. The summed E-state index contributed by atoms with van der Waals surface area (Å²) in [4.78, 5) is 11.9. The fourth-order valence-electron chi connectivity index (χ4n) is 2.29. The Labute approximate surface area is 126 Å². The minimum Gasteiger partial charge on any atom is -0.493 e. The van der Waals surface area contributed by atoms with Gasteiger partial charge in [-0.3, -0.25) is 4.79 Å². The summed E-state index contributed by atoms with van der Waals surface area (Å²) in [6, 6.07) is 6.33. The van der Waals surface area contributed by atoms with Gasteiger partial charge in [-0.15, -0.1) is 0 Å². The van der Waals surface area contributed by atoms with Crippen molar-refractivity contribution in [3.8, 4) is 5.75 Å². The molecule has 0 amide bonds. The van der Waals surface area contributed by atoms with Crippen LogP contribution < -0.4 is 10.1 Å². The van der Waals surface area contributed by atoms with E-state index in [1.54, 1.807) is 0 Å². The number of ether oxygens (including phenoxy) is 2. The SMILES string of the molecule is CCOC(=O)C(CCOc1ccc(C)cc1C)NC1CC1. The van der Waals surface area contributed by atoms with E-state index in [-0.39, 0.29) is 12.0 Å². The van der Waals surface area contributed by atoms with Gasteiger partial charge in [0.15, 0.2) is 0 Å². The molecule has 1 unspecified atom stereocenters. The lowest BCUT2D eigenvalue weighted by atomic mass is 10.1. The van der Waals surface area contributed by atoms with Gasteiger partial charge in [-0.2, -0.15) is 0 Å². The summed E-state index contributed by atoms with van der Waals surface area (Å²) in [6.45, 7) is 6.85. The van der Waals surface area contributed by atoms with Crippen molar-refractivity contribution in [2.45, 2.75) is 52.1 Å². The minimum absolute atomic E-state index is 0.173. The van der Waals surface area contributed by atoms with Gasteiger partial charge in [0.2, 0.25) is 0 Å². The van der Waals surface area contributed by atoms with Crippen molar-refractivity contribution < 1.29 is 14.3 Å². The molecule has 0 spiro atoms. The molecule has 1 saturated carbocycles. The molecule has 0 bridgehead atoms. The lowest BCUT2D eigenvalue weighted by molar-refractivity contribution is -0.146. The molecular formula is C17H25NO3. The molecule has 116 valence electrons. The van der Waals surface area contributed by atoms with E-state index in [1.165, 1.54) is 5.56 Å². The molecule has 0 aliphatic heterocycles. The molecule has 1 aliphatic rings. The summed E-state index contributed by atoms with van der Waals surface area (Å²) < 4.78 is 10.9. The normalized spacial score (nSPS) is 15.6. The lowest BCUT2D eigenvalue weighted by Crippen LogP contribution is -2.40. The second kappa shape index (κ2) is 7.46. The molecule has 0 radical (unpaired) electrons. The van der Waals surface area contributed by atoms with Crippen LogP contribution >= 0.6 is 0 Å². The summed E-state index contributed by atoms with van der Waals surface area (Å²) in [6.07, 6.45) is 2.92. The largest absolute Gasteiger partial charge is 0.493 e. The fourth-order valence-corrected chi connectivity index (χ4v) is 2.29. The highest BCUT2D eigenvalue weighted by atomic mass is 16.5. The highest BCUT2D eigenvalue weighted by Gasteiger charge is 2.29. The molecule has 0 heterocycles. The maximum atomic E-state index is 11.9. The van der Waals surface area contributed by atoms with Crippen LogP contribution in [-0.4, -0.2) is 31.3 Å². The van der Waals surface area contributed by atoms with Crippen LogP contribution in [0.25, 0.3) is 0 Å². The van der Waals surface area contributed by atoms with Crippen LogP contribution in [0, 0.1) is 13.8 Å². The number of carbonyl (C=O) groups is 1. The first kappa shape index (κ1) is 15.8. The molecule has 4 heteroatoms. The molecule has 1 atom stereocenters. The zero-order chi connectivity index (χ0) is 15.2. The number of benzene rings is 1. The van der Waals surface area contributed by atoms with Crippen molar-refractivity contribution in [2.24, 2.45) is 0 Å². The Balaban J connectivity index is 1.84. The predicted octanol–water partition coefficient (Wildman–Crippen LogP) is 2.76. The Morgan fingerprint density at radius 2 is 2.14 bits per heavy atom. The first-order valence-corrected chi connectivity index (χ1v) is 7.73. The highest BCUT2D eigenvalue weighted by Crippen LogP contribution is 2.21. The summed E-state index contributed by atoms with van der Waals surface area (Å²) in [5.74, 6) is 0.711.